The molecule has 0 bridgehead atoms. The number of rotatable bonds is 5. The fraction of sp³-hybridized carbons (Fsp3) is 0.609. The number of carbonyl (C=O) groups is 3. The van der Waals surface area contributed by atoms with Gasteiger partial charge >= 0.3 is 0 Å². The van der Waals surface area contributed by atoms with Crippen LogP contribution in [-0.4, -0.2) is 47.8 Å². The van der Waals surface area contributed by atoms with Gasteiger partial charge in [0.25, 0.3) is 5.91 Å². The second kappa shape index (κ2) is 10.2. The Morgan fingerprint density at radius 3 is 2.35 bits per heavy atom. The summed E-state index contributed by atoms with van der Waals surface area (Å²) in [5.74, 6) is -2.38. The fourth-order valence-corrected chi connectivity index (χ4v) is 4.46. The molecule has 31 heavy (non-hydrogen) atoms. The normalized spacial score (nSPS) is 22.3. The lowest BCUT2D eigenvalue weighted by Gasteiger charge is -2.34. The van der Waals surface area contributed by atoms with E-state index in [0.29, 0.717) is 38.4 Å². The highest BCUT2D eigenvalue weighted by Crippen LogP contribution is 2.26. The topological polar surface area (TPSA) is 78.5 Å². The van der Waals surface area contributed by atoms with Gasteiger partial charge in [0, 0.05) is 43.1 Å². The second-order valence-corrected chi connectivity index (χ2v) is 8.92. The van der Waals surface area contributed by atoms with Gasteiger partial charge in [0.05, 0.1) is 5.56 Å². The Bertz CT molecular complexity index is 822. The lowest BCUT2D eigenvalue weighted by atomic mass is 9.84. The zero-order valence-electron chi connectivity index (χ0n) is 18.1. The number of nitrogens with one attached hydrogen (secondary N) is 2. The second-order valence-electron chi connectivity index (χ2n) is 8.92. The summed E-state index contributed by atoms with van der Waals surface area (Å²) in [4.78, 5) is 39.1. The van der Waals surface area contributed by atoms with Crippen LogP contribution < -0.4 is 10.6 Å². The molecule has 1 heterocycles. The molecule has 2 fully saturated rings. The molecule has 1 aliphatic carbocycles. The molecular weight excluding hydrogens is 404 g/mol. The largest absolute Gasteiger partial charge is 0.354 e. The van der Waals surface area contributed by atoms with Gasteiger partial charge in [-0.05, 0) is 58.1 Å². The molecule has 0 radical (unpaired) electrons. The van der Waals surface area contributed by atoms with Crippen LogP contribution in [0.15, 0.2) is 18.2 Å². The van der Waals surface area contributed by atoms with Crippen LogP contribution in [0.2, 0.25) is 0 Å². The van der Waals surface area contributed by atoms with E-state index in [9.17, 15) is 23.2 Å². The van der Waals surface area contributed by atoms with Crippen molar-refractivity contribution in [3.05, 3.63) is 35.4 Å². The highest BCUT2D eigenvalue weighted by atomic mass is 19.1. The Morgan fingerprint density at radius 2 is 1.71 bits per heavy atom. The zero-order chi connectivity index (χ0) is 22.5. The van der Waals surface area contributed by atoms with Crippen LogP contribution in [0.1, 0.15) is 62.7 Å². The third-order valence-electron chi connectivity index (χ3n) is 6.14. The minimum Gasteiger partial charge on any atom is -0.354 e. The van der Waals surface area contributed by atoms with E-state index in [0.717, 1.165) is 31.4 Å². The number of halogens is 2. The van der Waals surface area contributed by atoms with Gasteiger partial charge < -0.3 is 15.5 Å². The summed E-state index contributed by atoms with van der Waals surface area (Å²) in [6, 6.07) is 3.00. The number of carbonyl (C=O) groups excluding carboxylic acids is 3. The molecule has 3 amide bonds. The Labute approximate surface area is 181 Å². The number of amides is 3. The molecule has 0 spiro atoms. The summed E-state index contributed by atoms with van der Waals surface area (Å²) in [5.41, 5.74) is -0.155. The molecule has 6 nitrogen and oxygen atoms in total. The van der Waals surface area contributed by atoms with E-state index in [2.05, 4.69) is 10.6 Å². The first-order valence-electron chi connectivity index (χ1n) is 11.1. The van der Waals surface area contributed by atoms with Crippen molar-refractivity contribution in [2.75, 3.05) is 13.1 Å². The number of benzene rings is 1. The Morgan fingerprint density at radius 1 is 1.00 bits per heavy atom. The summed E-state index contributed by atoms with van der Waals surface area (Å²) in [5, 5.41) is 6.04. The van der Waals surface area contributed by atoms with E-state index in [-0.39, 0.29) is 41.3 Å². The fourth-order valence-electron chi connectivity index (χ4n) is 4.46. The van der Waals surface area contributed by atoms with Gasteiger partial charge in [-0.25, -0.2) is 8.78 Å². The monoisotopic (exact) mass is 435 g/mol. The van der Waals surface area contributed by atoms with Crippen molar-refractivity contribution in [3.63, 3.8) is 0 Å². The number of likely N-dealkylation sites (tertiary alicyclic amines) is 1. The standard InChI is InChI=1S/C23H31F2N3O3/c1-14(2)26-22(30)16-4-3-5-18(12-16)27-21(29)15-8-10-28(11-9-15)23(31)19-7-6-17(24)13-20(19)25/h6-7,13-16,18H,3-5,8-12H2,1-2H3,(H,26,30)(H,27,29). The van der Waals surface area contributed by atoms with Crippen LogP contribution in [0.4, 0.5) is 8.78 Å². The first-order chi connectivity index (χ1) is 14.7. The molecule has 170 valence electrons. The van der Waals surface area contributed by atoms with Gasteiger partial charge in [0.15, 0.2) is 0 Å². The van der Waals surface area contributed by atoms with Crippen LogP contribution in [0.5, 0.6) is 0 Å². The van der Waals surface area contributed by atoms with Crippen molar-refractivity contribution < 1.29 is 23.2 Å². The molecule has 2 N–H and O–H groups in total. The highest BCUT2D eigenvalue weighted by Gasteiger charge is 2.32. The molecule has 1 saturated heterocycles. The average molecular weight is 436 g/mol. The molecule has 0 aromatic heterocycles. The van der Waals surface area contributed by atoms with Gasteiger partial charge in [-0.2, -0.15) is 0 Å². The van der Waals surface area contributed by atoms with E-state index in [4.69, 9.17) is 0 Å². The van der Waals surface area contributed by atoms with Gasteiger partial charge in [-0.1, -0.05) is 6.42 Å². The van der Waals surface area contributed by atoms with Crippen LogP contribution in [0, 0.1) is 23.5 Å². The summed E-state index contributed by atoms with van der Waals surface area (Å²) < 4.78 is 27.0. The predicted octanol–water partition coefficient (Wildman–Crippen LogP) is 3.02. The van der Waals surface area contributed by atoms with Crippen molar-refractivity contribution in [2.45, 2.75) is 64.5 Å². The average Bonchev–Trinajstić information content (AvgIpc) is 2.73. The van der Waals surface area contributed by atoms with Crippen LogP contribution in [0.3, 0.4) is 0 Å². The SMILES string of the molecule is CC(C)NC(=O)C1CCCC(NC(=O)C2CCN(C(=O)c3ccc(F)cc3F)CC2)C1. The maximum Gasteiger partial charge on any atom is 0.256 e. The third kappa shape index (κ3) is 6.02. The summed E-state index contributed by atoms with van der Waals surface area (Å²) in [7, 11) is 0. The quantitative estimate of drug-likeness (QED) is 0.746. The maximum absolute atomic E-state index is 13.9. The molecule has 1 saturated carbocycles. The summed E-state index contributed by atoms with van der Waals surface area (Å²) in [6.07, 6.45) is 4.22. The molecule has 8 heteroatoms. The van der Waals surface area contributed by atoms with Crippen LogP contribution in [0.25, 0.3) is 0 Å². The van der Waals surface area contributed by atoms with Gasteiger partial charge in [-0.3, -0.25) is 14.4 Å². The van der Waals surface area contributed by atoms with E-state index in [1.165, 1.54) is 4.90 Å². The first kappa shape index (κ1) is 23.2. The number of piperidine rings is 1. The molecule has 2 unspecified atom stereocenters. The van der Waals surface area contributed by atoms with Crippen molar-refractivity contribution in [3.8, 4) is 0 Å². The van der Waals surface area contributed by atoms with E-state index in [1.807, 2.05) is 13.8 Å². The predicted molar refractivity (Wildman–Crippen MR) is 112 cm³/mol. The summed E-state index contributed by atoms with van der Waals surface area (Å²) >= 11 is 0. The van der Waals surface area contributed by atoms with Crippen molar-refractivity contribution in [1.82, 2.24) is 15.5 Å². The Kier molecular flexibility index (Phi) is 7.62. The van der Waals surface area contributed by atoms with Gasteiger partial charge in [-0.15, -0.1) is 0 Å². The first-order valence-corrected chi connectivity index (χ1v) is 11.1. The molecular formula is C23H31F2N3O3. The van der Waals surface area contributed by atoms with E-state index >= 15 is 0 Å². The number of hydrogen-bond donors (Lipinski definition) is 2. The van der Waals surface area contributed by atoms with Crippen molar-refractivity contribution in [1.29, 1.82) is 0 Å². The van der Waals surface area contributed by atoms with Gasteiger partial charge in [0.2, 0.25) is 11.8 Å². The van der Waals surface area contributed by atoms with Crippen molar-refractivity contribution in [2.24, 2.45) is 11.8 Å². The smallest absolute Gasteiger partial charge is 0.256 e. The lowest BCUT2D eigenvalue weighted by molar-refractivity contribution is -0.130. The van der Waals surface area contributed by atoms with Gasteiger partial charge in [0.1, 0.15) is 11.6 Å². The Hall–Kier alpha value is -2.51. The molecule has 2 aliphatic rings. The van der Waals surface area contributed by atoms with Crippen molar-refractivity contribution >= 4 is 17.7 Å². The lowest BCUT2D eigenvalue weighted by Crippen LogP contribution is -2.47. The molecule has 1 aromatic carbocycles. The number of hydrogen-bond acceptors (Lipinski definition) is 3. The minimum absolute atomic E-state index is 0.0165. The molecule has 1 aromatic rings. The third-order valence-corrected chi connectivity index (χ3v) is 6.14. The highest BCUT2D eigenvalue weighted by molar-refractivity contribution is 5.94. The summed E-state index contributed by atoms with van der Waals surface area (Å²) in [6.45, 7) is 4.55. The minimum atomic E-state index is -0.877. The molecule has 3 rings (SSSR count). The van der Waals surface area contributed by atoms with E-state index in [1.54, 1.807) is 0 Å². The zero-order valence-corrected chi connectivity index (χ0v) is 18.1. The van der Waals surface area contributed by atoms with Crippen LogP contribution >= 0.6 is 0 Å². The van der Waals surface area contributed by atoms with E-state index < -0.39 is 17.5 Å². The molecule has 1 aliphatic heterocycles. The molecule has 2 atom stereocenters. The van der Waals surface area contributed by atoms with Crippen LogP contribution in [-0.2, 0) is 9.59 Å². The maximum atomic E-state index is 13.9. The Balaban J connectivity index is 1.49. The number of nitrogens with zero attached hydrogens (tertiary/aromatic N) is 1.